The lowest BCUT2D eigenvalue weighted by Gasteiger charge is -2.61. The molecule has 1 saturated heterocycles. The first kappa shape index (κ1) is 25.8. The summed E-state index contributed by atoms with van der Waals surface area (Å²) in [6.07, 6.45) is 9.32. The predicted octanol–water partition coefficient (Wildman–Crippen LogP) is 4.47. The van der Waals surface area contributed by atoms with Crippen LogP contribution in [0.2, 0.25) is 0 Å². The van der Waals surface area contributed by atoms with Gasteiger partial charge in [0.05, 0.1) is 24.4 Å². The fraction of sp³-hybridized carbons (Fsp3) is 0.933. The van der Waals surface area contributed by atoms with Crippen molar-refractivity contribution < 1.29 is 29.2 Å². The van der Waals surface area contributed by atoms with Gasteiger partial charge in [-0.25, -0.2) is 0 Å². The standard InChI is InChI=1S/C30H48O6/c1-7-18(16-33-5)29-12-13-30(32)21-9-8-19-14-20(36-26-25(34-6)24(31)17(2)35-26)10-11-27(19,3)22(21)15-23(29)28(29,30)4/h7,17,19-26,31-32H,8-16H2,1-6H3/b18-7+/t17?,19?,20?,21?,22?,23?,24?,25?,26-,27?,28?,29-,30+/m1/s1. The van der Waals surface area contributed by atoms with E-state index in [0.29, 0.717) is 30.3 Å². The quantitative estimate of drug-likeness (QED) is 0.520. The molecule has 36 heavy (non-hydrogen) atoms. The third kappa shape index (κ3) is 3.01. The molecule has 0 aromatic rings. The number of aliphatic hydroxyl groups excluding tert-OH is 1. The highest BCUT2D eigenvalue weighted by molar-refractivity contribution is 5.44. The minimum Gasteiger partial charge on any atom is -0.389 e. The SMILES string of the molecule is C/C=C(\COC)[C@]12CC[C@]3(O)C4CCC5CC(O[C@H]6OC(C)C(O)C6OC)CCC5(C)C4CC1C32C. The van der Waals surface area contributed by atoms with E-state index in [1.807, 2.05) is 6.92 Å². The van der Waals surface area contributed by atoms with Crippen molar-refractivity contribution in [3.05, 3.63) is 11.6 Å². The summed E-state index contributed by atoms with van der Waals surface area (Å²) in [5.41, 5.74) is 1.23. The molecule has 6 nitrogen and oxygen atoms in total. The van der Waals surface area contributed by atoms with Crippen LogP contribution >= 0.6 is 0 Å². The monoisotopic (exact) mass is 504 g/mol. The van der Waals surface area contributed by atoms with Crippen molar-refractivity contribution in [2.45, 2.75) is 115 Å². The second-order valence-electron chi connectivity index (χ2n) is 13.6. The Labute approximate surface area is 217 Å². The molecule has 0 aromatic carbocycles. The second-order valence-corrected chi connectivity index (χ2v) is 13.6. The molecule has 13 atom stereocenters. The zero-order valence-corrected chi connectivity index (χ0v) is 23.2. The van der Waals surface area contributed by atoms with Crippen LogP contribution < -0.4 is 0 Å². The number of ether oxygens (including phenoxy) is 4. The zero-order valence-electron chi connectivity index (χ0n) is 23.2. The van der Waals surface area contributed by atoms with Crippen molar-refractivity contribution in [3.63, 3.8) is 0 Å². The molecule has 2 N–H and O–H groups in total. The minimum absolute atomic E-state index is 0.00242. The molecule has 0 amide bonds. The fourth-order valence-electron chi connectivity index (χ4n) is 11.0. The first-order valence-electron chi connectivity index (χ1n) is 14.5. The summed E-state index contributed by atoms with van der Waals surface area (Å²) in [6, 6.07) is 0. The number of allylic oxidation sites excluding steroid dienone is 1. The third-order valence-electron chi connectivity index (χ3n) is 12.9. The summed E-state index contributed by atoms with van der Waals surface area (Å²) in [5, 5.41) is 22.9. The van der Waals surface area contributed by atoms with Gasteiger partial charge in [-0.15, -0.1) is 0 Å². The van der Waals surface area contributed by atoms with Crippen LogP contribution in [0.4, 0.5) is 0 Å². The molecule has 0 radical (unpaired) electrons. The van der Waals surface area contributed by atoms with Gasteiger partial charge in [-0.05, 0) is 99.9 Å². The van der Waals surface area contributed by atoms with E-state index in [4.69, 9.17) is 18.9 Å². The molecule has 6 aliphatic rings. The highest BCUT2D eigenvalue weighted by Crippen LogP contribution is 2.89. The highest BCUT2D eigenvalue weighted by atomic mass is 16.7. The number of fused-ring (bicyclic) bond motifs is 5. The summed E-state index contributed by atoms with van der Waals surface area (Å²) in [4.78, 5) is 0. The van der Waals surface area contributed by atoms with E-state index >= 15 is 0 Å². The van der Waals surface area contributed by atoms with Crippen LogP contribution in [0.25, 0.3) is 0 Å². The molecule has 204 valence electrons. The van der Waals surface area contributed by atoms with Gasteiger partial charge in [0, 0.05) is 25.0 Å². The first-order chi connectivity index (χ1) is 17.1. The van der Waals surface area contributed by atoms with E-state index in [0.717, 1.165) is 38.5 Å². The number of hydrogen-bond donors (Lipinski definition) is 2. The number of hydrogen-bond acceptors (Lipinski definition) is 6. The number of rotatable bonds is 6. The Morgan fingerprint density at radius 2 is 1.83 bits per heavy atom. The molecular formula is C30H48O6. The molecule has 6 fully saturated rings. The molecule has 0 spiro atoms. The van der Waals surface area contributed by atoms with Gasteiger partial charge in [0.15, 0.2) is 6.29 Å². The first-order valence-corrected chi connectivity index (χ1v) is 14.5. The minimum atomic E-state index is -0.650. The lowest BCUT2D eigenvalue weighted by molar-refractivity contribution is -0.224. The average molecular weight is 505 g/mol. The number of methoxy groups -OCH3 is 2. The Morgan fingerprint density at radius 1 is 1.06 bits per heavy atom. The summed E-state index contributed by atoms with van der Waals surface area (Å²) in [7, 11) is 3.42. The van der Waals surface area contributed by atoms with Crippen molar-refractivity contribution in [1.82, 2.24) is 0 Å². The van der Waals surface area contributed by atoms with Crippen LogP contribution in [-0.2, 0) is 18.9 Å². The van der Waals surface area contributed by atoms with Gasteiger partial charge in [-0.3, -0.25) is 0 Å². The van der Waals surface area contributed by atoms with E-state index in [9.17, 15) is 10.2 Å². The fourth-order valence-corrected chi connectivity index (χ4v) is 11.0. The highest BCUT2D eigenvalue weighted by Gasteiger charge is 2.88. The van der Waals surface area contributed by atoms with Gasteiger partial charge in [0.2, 0.25) is 0 Å². The molecule has 0 aromatic heterocycles. The predicted molar refractivity (Wildman–Crippen MR) is 136 cm³/mol. The van der Waals surface area contributed by atoms with E-state index in [1.165, 1.54) is 18.4 Å². The van der Waals surface area contributed by atoms with Crippen LogP contribution in [0.3, 0.4) is 0 Å². The largest absolute Gasteiger partial charge is 0.389 e. The molecule has 6 heteroatoms. The maximum absolute atomic E-state index is 12.5. The summed E-state index contributed by atoms with van der Waals surface area (Å²) in [6.45, 7) is 9.65. The average Bonchev–Trinajstić information content (AvgIpc) is 3.13. The van der Waals surface area contributed by atoms with Gasteiger partial charge in [-0.2, -0.15) is 0 Å². The molecule has 1 aliphatic heterocycles. The summed E-state index contributed by atoms with van der Waals surface area (Å²) in [5.74, 6) is 2.13. The lowest BCUT2D eigenvalue weighted by Crippen LogP contribution is -2.59. The van der Waals surface area contributed by atoms with Gasteiger partial charge < -0.3 is 29.2 Å². The lowest BCUT2D eigenvalue weighted by atomic mass is 9.45. The zero-order chi connectivity index (χ0) is 25.7. The Balaban J connectivity index is 1.21. The van der Waals surface area contributed by atoms with E-state index < -0.39 is 24.1 Å². The molecule has 6 rings (SSSR count). The van der Waals surface area contributed by atoms with Gasteiger partial charge in [0.25, 0.3) is 0 Å². The Bertz CT molecular complexity index is 906. The number of aliphatic hydroxyl groups is 2. The Hall–Kier alpha value is -0.500. The second kappa shape index (κ2) is 8.50. The van der Waals surface area contributed by atoms with Gasteiger partial charge in [-0.1, -0.05) is 19.9 Å². The van der Waals surface area contributed by atoms with Crippen LogP contribution in [0, 0.1) is 39.9 Å². The van der Waals surface area contributed by atoms with Crippen molar-refractivity contribution in [2.24, 2.45) is 39.9 Å². The van der Waals surface area contributed by atoms with Crippen LogP contribution in [-0.4, -0.2) is 67.3 Å². The van der Waals surface area contributed by atoms with Crippen LogP contribution in [0.15, 0.2) is 11.6 Å². The molecular weight excluding hydrogens is 456 g/mol. The summed E-state index contributed by atoms with van der Waals surface area (Å²) < 4.78 is 23.5. The Morgan fingerprint density at radius 3 is 2.53 bits per heavy atom. The van der Waals surface area contributed by atoms with E-state index in [-0.39, 0.29) is 28.5 Å². The van der Waals surface area contributed by atoms with E-state index in [2.05, 4.69) is 26.8 Å². The topological polar surface area (TPSA) is 77.4 Å². The van der Waals surface area contributed by atoms with Crippen molar-refractivity contribution >= 4 is 0 Å². The van der Waals surface area contributed by atoms with Gasteiger partial charge in [0.1, 0.15) is 12.2 Å². The normalized spacial score (nSPS) is 57.8. The van der Waals surface area contributed by atoms with Crippen molar-refractivity contribution in [1.29, 1.82) is 0 Å². The van der Waals surface area contributed by atoms with Crippen LogP contribution in [0.1, 0.15) is 79.1 Å². The van der Waals surface area contributed by atoms with Crippen LogP contribution in [0.5, 0.6) is 0 Å². The molecule has 5 aliphatic carbocycles. The Kier molecular flexibility index (Phi) is 6.08. The van der Waals surface area contributed by atoms with E-state index in [1.54, 1.807) is 14.2 Å². The maximum atomic E-state index is 12.5. The molecule has 5 saturated carbocycles. The maximum Gasteiger partial charge on any atom is 0.187 e. The van der Waals surface area contributed by atoms with Crippen molar-refractivity contribution in [3.8, 4) is 0 Å². The van der Waals surface area contributed by atoms with Gasteiger partial charge >= 0.3 is 0 Å². The smallest absolute Gasteiger partial charge is 0.187 e. The van der Waals surface area contributed by atoms with Crippen molar-refractivity contribution in [2.75, 3.05) is 20.8 Å². The third-order valence-corrected chi connectivity index (χ3v) is 12.9. The summed E-state index contributed by atoms with van der Waals surface area (Å²) >= 11 is 0. The molecule has 0 bridgehead atoms. The molecule has 1 heterocycles. The molecule has 10 unspecified atom stereocenters.